The fourth-order valence-electron chi connectivity index (χ4n) is 1.47. The Hall–Kier alpha value is -1.23. The molecule has 0 bridgehead atoms. The van der Waals surface area contributed by atoms with Crippen molar-refractivity contribution in [1.82, 2.24) is 4.98 Å². The average molecular weight is 253 g/mol. The highest BCUT2D eigenvalue weighted by Gasteiger charge is 2.07. The molecule has 0 amide bonds. The zero-order valence-electron chi connectivity index (χ0n) is 10.1. The van der Waals surface area contributed by atoms with Crippen LogP contribution < -0.4 is 5.73 Å². The highest BCUT2D eigenvalue weighted by molar-refractivity contribution is 7.98. The van der Waals surface area contributed by atoms with E-state index in [0.717, 1.165) is 17.1 Å². The van der Waals surface area contributed by atoms with Crippen molar-refractivity contribution in [2.45, 2.75) is 31.9 Å². The molecule has 0 aliphatic carbocycles. The number of nitrogens with zero attached hydrogens (tertiary/aromatic N) is 2. The minimum Gasteiger partial charge on any atom is -0.409 e. The molecular formula is C12H19N3OS. The van der Waals surface area contributed by atoms with Crippen molar-refractivity contribution in [3.63, 3.8) is 0 Å². The summed E-state index contributed by atoms with van der Waals surface area (Å²) in [5.41, 5.74) is 7.17. The fraction of sp³-hybridized carbons (Fsp3) is 0.500. The third-order valence-corrected chi connectivity index (χ3v) is 3.48. The van der Waals surface area contributed by atoms with Crippen molar-refractivity contribution in [3.8, 4) is 0 Å². The molecule has 0 saturated heterocycles. The van der Waals surface area contributed by atoms with Gasteiger partial charge in [0.25, 0.3) is 0 Å². The average Bonchev–Trinajstić information content (AvgIpc) is 2.38. The number of nitrogens with two attached hydrogens (primary N) is 1. The molecule has 5 heteroatoms. The van der Waals surface area contributed by atoms with Gasteiger partial charge in [0.2, 0.25) is 0 Å². The summed E-state index contributed by atoms with van der Waals surface area (Å²) in [5.74, 6) is 2.07. The lowest BCUT2D eigenvalue weighted by Gasteiger charge is -2.06. The van der Waals surface area contributed by atoms with Gasteiger partial charge in [-0.15, -0.1) is 0 Å². The molecule has 3 N–H and O–H groups in total. The van der Waals surface area contributed by atoms with Gasteiger partial charge in [0.05, 0.1) is 0 Å². The first-order valence-electron chi connectivity index (χ1n) is 5.79. The van der Waals surface area contributed by atoms with Crippen LogP contribution in [0.15, 0.2) is 23.5 Å². The molecule has 0 aromatic carbocycles. The van der Waals surface area contributed by atoms with E-state index in [1.54, 1.807) is 6.20 Å². The topological polar surface area (TPSA) is 71.5 Å². The first-order valence-corrected chi connectivity index (χ1v) is 6.94. The lowest BCUT2D eigenvalue weighted by molar-refractivity contribution is 0.318. The summed E-state index contributed by atoms with van der Waals surface area (Å²) in [4.78, 5) is 4.14. The largest absolute Gasteiger partial charge is 0.409 e. The second-order valence-electron chi connectivity index (χ2n) is 3.76. The Bertz CT molecular complexity index is 369. The molecule has 0 spiro atoms. The molecule has 0 atom stereocenters. The van der Waals surface area contributed by atoms with E-state index in [-0.39, 0.29) is 5.84 Å². The molecule has 0 aliphatic heterocycles. The van der Waals surface area contributed by atoms with E-state index in [0.29, 0.717) is 5.69 Å². The second kappa shape index (κ2) is 7.95. The van der Waals surface area contributed by atoms with Crippen LogP contribution in [0.4, 0.5) is 0 Å². The van der Waals surface area contributed by atoms with Crippen LogP contribution in [-0.4, -0.2) is 21.8 Å². The summed E-state index contributed by atoms with van der Waals surface area (Å²) in [6.45, 7) is 2.20. The molecule has 1 aromatic rings. The number of thioether (sulfide) groups is 1. The molecule has 0 radical (unpaired) electrons. The monoisotopic (exact) mass is 253 g/mol. The molecule has 1 rings (SSSR count). The van der Waals surface area contributed by atoms with Crippen molar-refractivity contribution >= 4 is 17.6 Å². The molecule has 0 fully saturated rings. The Morgan fingerprint density at radius 1 is 1.53 bits per heavy atom. The smallest absolute Gasteiger partial charge is 0.189 e. The maximum Gasteiger partial charge on any atom is 0.189 e. The number of oxime groups is 1. The van der Waals surface area contributed by atoms with Crippen molar-refractivity contribution in [2.24, 2.45) is 10.9 Å². The van der Waals surface area contributed by atoms with E-state index >= 15 is 0 Å². The first-order chi connectivity index (χ1) is 8.29. The van der Waals surface area contributed by atoms with Gasteiger partial charge >= 0.3 is 0 Å². The normalized spacial score (nSPS) is 11.7. The quantitative estimate of drug-likeness (QED) is 0.257. The lowest BCUT2D eigenvalue weighted by Crippen LogP contribution is -2.17. The van der Waals surface area contributed by atoms with Crippen molar-refractivity contribution in [2.75, 3.05) is 5.75 Å². The molecule has 94 valence electrons. The summed E-state index contributed by atoms with van der Waals surface area (Å²) in [6, 6.07) is 3.84. The number of unbranched alkanes of at least 4 members (excludes halogenated alkanes) is 2. The van der Waals surface area contributed by atoms with Gasteiger partial charge in [-0.25, -0.2) is 0 Å². The molecular weight excluding hydrogens is 234 g/mol. The number of pyridine rings is 1. The molecule has 1 heterocycles. The second-order valence-corrected chi connectivity index (χ2v) is 4.86. The van der Waals surface area contributed by atoms with Crippen LogP contribution >= 0.6 is 11.8 Å². The standard InChI is InChI=1S/C12H19N3OS/c1-2-3-4-8-17-9-10-6-5-7-14-11(10)12(13)15-16/h5-7,16H,2-4,8-9H2,1H3,(H2,13,15). The summed E-state index contributed by atoms with van der Waals surface area (Å²) >= 11 is 1.86. The minimum atomic E-state index is 0.0785. The van der Waals surface area contributed by atoms with Gasteiger partial charge in [0.15, 0.2) is 5.84 Å². The highest BCUT2D eigenvalue weighted by Crippen LogP contribution is 2.16. The predicted molar refractivity (Wildman–Crippen MR) is 72.4 cm³/mol. The SMILES string of the molecule is CCCCCSCc1cccnc1/C(N)=N/O. The predicted octanol–water partition coefficient (Wildman–Crippen LogP) is 2.60. The maximum atomic E-state index is 8.67. The van der Waals surface area contributed by atoms with E-state index in [2.05, 4.69) is 17.1 Å². The molecule has 0 unspecified atom stereocenters. The van der Waals surface area contributed by atoms with Crippen molar-refractivity contribution < 1.29 is 5.21 Å². The first kappa shape index (κ1) is 13.8. The van der Waals surface area contributed by atoms with E-state index in [4.69, 9.17) is 10.9 Å². The Morgan fingerprint density at radius 2 is 2.35 bits per heavy atom. The van der Waals surface area contributed by atoms with Gasteiger partial charge in [-0.1, -0.05) is 31.0 Å². The van der Waals surface area contributed by atoms with Crippen LogP contribution in [0.3, 0.4) is 0 Å². The van der Waals surface area contributed by atoms with Crippen molar-refractivity contribution in [3.05, 3.63) is 29.6 Å². The molecule has 1 aromatic heterocycles. The number of aromatic nitrogens is 1. The van der Waals surface area contributed by atoms with Gasteiger partial charge in [-0.05, 0) is 23.8 Å². The van der Waals surface area contributed by atoms with Crippen LogP contribution in [-0.2, 0) is 5.75 Å². The summed E-state index contributed by atoms with van der Waals surface area (Å²) in [6.07, 6.45) is 5.40. The summed E-state index contributed by atoms with van der Waals surface area (Å²) in [7, 11) is 0. The van der Waals surface area contributed by atoms with Gasteiger partial charge in [0.1, 0.15) is 5.69 Å². The molecule has 17 heavy (non-hydrogen) atoms. The van der Waals surface area contributed by atoms with Crippen molar-refractivity contribution in [1.29, 1.82) is 0 Å². The molecule has 0 saturated carbocycles. The zero-order chi connectivity index (χ0) is 12.5. The van der Waals surface area contributed by atoms with Crippen LogP contribution in [0.2, 0.25) is 0 Å². The van der Waals surface area contributed by atoms with Gasteiger partial charge in [-0.3, -0.25) is 4.98 Å². The van der Waals surface area contributed by atoms with Gasteiger partial charge in [0, 0.05) is 11.9 Å². The zero-order valence-corrected chi connectivity index (χ0v) is 10.9. The highest BCUT2D eigenvalue weighted by atomic mass is 32.2. The minimum absolute atomic E-state index is 0.0785. The van der Waals surface area contributed by atoms with Crippen LogP contribution in [0, 0.1) is 0 Å². The van der Waals surface area contributed by atoms with E-state index in [1.807, 2.05) is 23.9 Å². The fourth-order valence-corrected chi connectivity index (χ4v) is 2.47. The Balaban J connectivity index is 2.53. The van der Waals surface area contributed by atoms with Crippen LogP contribution in [0.5, 0.6) is 0 Å². The maximum absolute atomic E-state index is 8.67. The Labute approximate surface area is 106 Å². The van der Waals surface area contributed by atoms with Crippen LogP contribution in [0.25, 0.3) is 0 Å². The Morgan fingerprint density at radius 3 is 3.06 bits per heavy atom. The van der Waals surface area contributed by atoms with Crippen LogP contribution in [0.1, 0.15) is 37.4 Å². The van der Waals surface area contributed by atoms with E-state index < -0.39 is 0 Å². The Kier molecular flexibility index (Phi) is 6.47. The third kappa shape index (κ3) is 4.65. The molecule has 4 nitrogen and oxygen atoms in total. The lowest BCUT2D eigenvalue weighted by atomic mass is 10.2. The van der Waals surface area contributed by atoms with Gasteiger partial charge < -0.3 is 10.9 Å². The molecule has 0 aliphatic rings. The number of rotatable bonds is 7. The number of amidine groups is 1. The third-order valence-electron chi connectivity index (χ3n) is 2.39. The van der Waals surface area contributed by atoms with E-state index in [9.17, 15) is 0 Å². The summed E-state index contributed by atoms with van der Waals surface area (Å²) in [5, 5.41) is 11.7. The van der Waals surface area contributed by atoms with E-state index in [1.165, 1.54) is 19.3 Å². The van der Waals surface area contributed by atoms with Gasteiger partial charge in [-0.2, -0.15) is 11.8 Å². The summed E-state index contributed by atoms with van der Waals surface area (Å²) < 4.78 is 0. The number of hydrogen-bond donors (Lipinski definition) is 2. The number of hydrogen-bond acceptors (Lipinski definition) is 4.